The Balaban J connectivity index is 3.35. The number of benzene rings is 1. The molecule has 0 saturated heterocycles. The highest BCUT2D eigenvalue weighted by atomic mass is 19.4. The fourth-order valence-corrected chi connectivity index (χ4v) is 1.50. The second-order valence-corrected chi connectivity index (χ2v) is 3.85. The summed E-state index contributed by atoms with van der Waals surface area (Å²) in [5, 5.41) is 8.48. The molecular weight excluding hydrogens is 273 g/mol. The van der Waals surface area contributed by atoms with E-state index in [1.165, 1.54) is 0 Å². The van der Waals surface area contributed by atoms with Crippen molar-refractivity contribution in [2.45, 2.75) is 18.1 Å². The van der Waals surface area contributed by atoms with Crippen LogP contribution in [0.3, 0.4) is 0 Å². The highest BCUT2D eigenvalue weighted by Crippen LogP contribution is 2.40. The van der Waals surface area contributed by atoms with Crippen LogP contribution in [0.1, 0.15) is 17.2 Å². The van der Waals surface area contributed by atoms with E-state index in [4.69, 9.17) is 10.8 Å². The highest BCUT2D eigenvalue weighted by molar-refractivity contribution is 5.40. The summed E-state index contributed by atoms with van der Waals surface area (Å²) in [6.07, 6.45) is -4.85. The van der Waals surface area contributed by atoms with Crippen LogP contribution in [-0.4, -0.2) is 24.7 Å². The predicted molar refractivity (Wildman–Crippen MR) is 57.0 cm³/mol. The second kappa shape index (κ2) is 5.30. The lowest BCUT2D eigenvalue weighted by Gasteiger charge is -2.25. The molecule has 0 aliphatic heterocycles. The molecule has 1 rings (SSSR count). The summed E-state index contributed by atoms with van der Waals surface area (Å²) in [7, 11) is 1.15. The Morgan fingerprint density at radius 1 is 1.26 bits per heavy atom. The van der Waals surface area contributed by atoms with E-state index in [1.54, 1.807) is 0 Å². The van der Waals surface area contributed by atoms with Crippen molar-refractivity contribution in [3.8, 4) is 5.75 Å². The molecule has 0 bridgehead atoms. The van der Waals surface area contributed by atoms with Crippen LogP contribution in [0, 0.1) is 0 Å². The van der Waals surface area contributed by atoms with E-state index in [0.29, 0.717) is 6.07 Å². The average molecular weight is 285 g/mol. The molecule has 0 spiro atoms. The van der Waals surface area contributed by atoms with E-state index in [2.05, 4.69) is 4.74 Å². The summed E-state index contributed by atoms with van der Waals surface area (Å²) in [5.74, 6) is -3.98. The van der Waals surface area contributed by atoms with Gasteiger partial charge in [-0.05, 0) is 17.7 Å². The van der Waals surface area contributed by atoms with Crippen molar-refractivity contribution in [1.29, 1.82) is 0 Å². The number of alkyl halides is 5. The summed E-state index contributed by atoms with van der Waals surface area (Å²) in [5.41, 5.74) is 3.01. The number of halogens is 5. The lowest BCUT2D eigenvalue weighted by molar-refractivity contribution is -0.140. The highest BCUT2D eigenvalue weighted by Gasteiger charge is 2.43. The molecule has 0 heterocycles. The van der Waals surface area contributed by atoms with Crippen LogP contribution in [0.2, 0.25) is 0 Å². The summed E-state index contributed by atoms with van der Waals surface area (Å²) >= 11 is 0. The number of methoxy groups -OCH3 is 1. The normalized spacial score (nSPS) is 14.3. The van der Waals surface area contributed by atoms with Crippen LogP contribution in [0.4, 0.5) is 22.0 Å². The first kappa shape index (κ1) is 15.6. The van der Waals surface area contributed by atoms with Gasteiger partial charge in [0.05, 0.1) is 18.7 Å². The van der Waals surface area contributed by atoms with Gasteiger partial charge in [0, 0.05) is 0 Å². The monoisotopic (exact) mass is 285 g/mol. The van der Waals surface area contributed by atoms with Gasteiger partial charge in [-0.3, -0.25) is 0 Å². The van der Waals surface area contributed by atoms with Crippen LogP contribution in [-0.2, 0) is 6.18 Å². The van der Waals surface area contributed by atoms with Gasteiger partial charge in [0.25, 0.3) is 5.92 Å². The number of hydrogen-bond donors (Lipinski definition) is 2. The van der Waals surface area contributed by atoms with Gasteiger partial charge < -0.3 is 15.6 Å². The largest absolute Gasteiger partial charge is 0.497 e. The van der Waals surface area contributed by atoms with Crippen molar-refractivity contribution < 1.29 is 31.8 Å². The smallest absolute Gasteiger partial charge is 0.416 e. The molecule has 0 radical (unpaired) electrons. The molecule has 19 heavy (non-hydrogen) atoms. The molecular formula is C11H12F5NO2. The Labute approximate surface area is 105 Å². The molecule has 1 atom stereocenters. The van der Waals surface area contributed by atoms with Gasteiger partial charge in [-0.2, -0.15) is 13.2 Å². The van der Waals surface area contributed by atoms with E-state index in [0.717, 1.165) is 19.2 Å². The Morgan fingerprint density at radius 3 is 2.26 bits per heavy atom. The van der Waals surface area contributed by atoms with Crippen molar-refractivity contribution in [2.75, 3.05) is 13.7 Å². The van der Waals surface area contributed by atoms with Crippen molar-refractivity contribution >= 4 is 0 Å². The average Bonchev–Trinajstić information content (AvgIpc) is 2.36. The second-order valence-electron chi connectivity index (χ2n) is 3.85. The minimum absolute atomic E-state index is 0.129. The molecule has 1 aromatic carbocycles. The zero-order chi connectivity index (χ0) is 14.8. The van der Waals surface area contributed by atoms with E-state index in [-0.39, 0.29) is 5.75 Å². The zero-order valence-electron chi connectivity index (χ0n) is 9.84. The molecule has 0 aliphatic carbocycles. The van der Waals surface area contributed by atoms with Gasteiger partial charge in [0.15, 0.2) is 0 Å². The van der Waals surface area contributed by atoms with E-state index < -0.39 is 35.9 Å². The number of ether oxygens (including phenoxy) is 1. The first-order valence-corrected chi connectivity index (χ1v) is 5.13. The van der Waals surface area contributed by atoms with Crippen LogP contribution >= 0.6 is 0 Å². The maximum absolute atomic E-state index is 13.2. The summed E-state index contributed by atoms with van der Waals surface area (Å²) in [6.45, 7) is -1.64. The Kier molecular flexibility index (Phi) is 4.36. The zero-order valence-corrected chi connectivity index (χ0v) is 9.84. The first-order chi connectivity index (χ1) is 8.63. The molecule has 3 N–H and O–H groups in total. The van der Waals surface area contributed by atoms with Crippen molar-refractivity contribution in [2.24, 2.45) is 5.73 Å². The fraction of sp³-hybridized carbons (Fsp3) is 0.455. The Hall–Kier alpha value is -1.41. The Morgan fingerprint density at radius 2 is 1.84 bits per heavy atom. The molecule has 0 saturated carbocycles. The first-order valence-electron chi connectivity index (χ1n) is 5.13. The van der Waals surface area contributed by atoms with Gasteiger partial charge >= 0.3 is 6.18 Å². The fourth-order valence-electron chi connectivity index (χ4n) is 1.50. The molecule has 0 fully saturated rings. The van der Waals surface area contributed by atoms with E-state index in [9.17, 15) is 22.0 Å². The lowest BCUT2D eigenvalue weighted by atomic mass is 9.96. The van der Waals surface area contributed by atoms with Crippen LogP contribution < -0.4 is 10.5 Å². The quantitative estimate of drug-likeness (QED) is 0.835. The van der Waals surface area contributed by atoms with Gasteiger partial charge in [-0.15, -0.1) is 0 Å². The van der Waals surface area contributed by atoms with Gasteiger partial charge in [-0.1, -0.05) is 6.07 Å². The number of rotatable bonds is 4. The van der Waals surface area contributed by atoms with E-state index in [1.807, 2.05) is 0 Å². The third-order valence-corrected chi connectivity index (χ3v) is 2.57. The maximum Gasteiger partial charge on any atom is 0.416 e. The maximum atomic E-state index is 13.2. The minimum Gasteiger partial charge on any atom is -0.497 e. The van der Waals surface area contributed by atoms with Crippen molar-refractivity contribution in [3.63, 3.8) is 0 Å². The molecule has 0 unspecified atom stereocenters. The van der Waals surface area contributed by atoms with Crippen LogP contribution in [0.15, 0.2) is 18.2 Å². The summed E-state index contributed by atoms with van der Waals surface area (Å²) in [6, 6.07) is 0.233. The summed E-state index contributed by atoms with van der Waals surface area (Å²) in [4.78, 5) is 0. The van der Waals surface area contributed by atoms with Crippen LogP contribution in [0.25, 0.3) is 0 Å². The van der Waals surface area contributed by atoms with Crippen molar-refractivity contribution in [1.82, 2.24) is 0 Å². The number of nitrogens with two attached hydrogens (primary N) is 1. The molecule has 108 valence electrons. The third-order valence-electron chi connectivity index (χ3n) is 2.57. The SMILES string of the molecule is COc1ccc([C@H](N)C(F)(F)CO)c(C(F)(F)F)c1. The molecule has 0 aliphatic rings. The molecule has 0 aromatic heterocycles. The topological polar surface area (TPSA) is 55.5 Å². The summed E-state index contributed by atoms with van der Waals surface area (Å²) < 4.78 is 69.4. The third kappa shape index (κ3) is 3.32. The molecule has 8 heteroatoms. The molecule has 0 amide bonds. The van der Waals surface area contributed by atoms with Crippen molar-refractivity contribution in [3.05, 3.63) is 29.3 Å². The number of aliphatic hydroxyl groups is 1. The van der Waals surface area contributed by atoms with E-state index >= 15 is 0 Å². The molecule has 3 nitrogen and oxygen atoms in total. The Bertz CT molecular complexity index is 447. The van der Waals surface area contributed by atoms with Crippen LogP contribution in [0.5, 0.6) is 5.75 Å². The predicted octanol–water partition coefficient (Wildman–Crippen LogP) is 2.34. The molecule has 1 aromatic rings. The standard InChI is InChI=1S/C11H12F5NO2/c1-19-6-2-3-7(8(4-6)11(14,15)16)9(17)10(12,13)5-18/h2-4,9,18H,5,17H2,1H3/t9-/m0/s1. The van der Waals surface area contributed by atoms with Gasteiger partial charge in [0.1, 0.15) is 12.4 Å². The number of aliphatic hydroxyl groups excluding tert-OH is 1. The van der Waals surface area contributed by atoms with Gasteiger partial charge in [-0.25, -0.2) is 8.78 Å². The minimum atomic E-state index is -4.85. The number of hydrogen-bond acceptors (Lipinski definition) is 3. The van der Waals surface area contributed by atoms with Gasteiger partial charge in [0.2, 0.25) is 0 Å². The lowest BCUT2D eigenvalue weighted by Crippen LogP contribution is -2.37.